The molecule has 98 valence electrons. The molecule has 0 aliphatic heterocycles. The number of nitrogens with two attached hydrogens (primary N) is 1. The monoisotopic (exact) mass is 260 g/mol. The fourth-order valence-corrected chi connectivity index (χ4v) is 1.06. The van der Waals surface area contributed by atoms with Gasteiger partial charge in [-0.1, -0.05) is 0 Å². The van der Waals surface area contributed by atoms with E-state index in [2.05, 4.69) is 15.4 Å². The number of halogens is 3. The highest BCUT2D eigenvalue weighted by Crippen LogP contribution is 2.14. The van der Waals surface area contributed by atoms with E-state index >= 15 is 0 Å². The third-order valence-electron chi connectivity index (χ3n) is 1.78. The molecular weight excluding hydrogens is 249 g/mol. The molecule has 1 aromatic rings. The molecule has 1 rings (SSSR count). The highest BCUT2D eigenvalue weighted by atomic mass is 19.4. The first-order chi connectivity index (χ1) is 8.40. The molecule has 0 saturated heterocycles. The number of nitriles is 1. The van der Waals surface area contributed by atoms with E-state index < -0.39 is 12.7 Å². The second kappa shape index (κ2) is 5.90. The van der Waals surface area contributed by atoms with Crippen molar-refractivity contribution in [3.63, 3.8) is 0 Å². The van der Waals surface area contributed by atoms with Crippen molar-refractivity contribution in [1.82, 2.24) is 9.78 Å². The van der Waals surface area contributed by atoms with E-state index in [1.165, 1.54) is 10.7 Å². The molecular formula is C9H11F3N6. The summed E-state index contributed by atoms with van der Waals surface area (Å²) in [6, 6.07) is 3.47. The van der Waals surface area contributed by atoms with Crippen LogP contribution >= 0.6 is 0 Å². The zero-order valence-corrected chi connectivity index (χ0v) is 9.28. The van der Waals surface area contributed by atoms with Gasteiger partial charge >= 0.3 is 6.18 Å². The average molecular weight is 260 g/mol. The lowest BCUT2D eigenvalue weighted by atomic mass is 10.5. The Kier molecular flexibility index (Phi) is 4.53. The molecule has 0 bridgehead atoms. The van der Waals surface area contributed by atoms with Crippen molar-refractivity contribution in [2.75, 3.05) is 11.9 Å². The molecule has 0 radical (unpaired) electrons. The Hall–Kier alpha value is -2.24. The number of aliphatic imine (C=N–C) groups is 1. The third kappa shape index (κ3) is 5.20. The number of aryl methyl sites for hydroxylation is 1. The molecule has 18 heavy (non-hydrogen) atoms. The summed E-state index contributed by atoms with van der Waals surface area (Å²) in [4.78, 5) is 3.12. The van der Waals surface area contributed by atoms with Crippen molar-refractivity contribution in [3.05, 3.63) is 12.3 Å². The van der Waals surface area contributed by atoms with Crippen LogP contribution in [-0.2, 0) is 6.54 Å². The van der Waals surface area contributed by atoms with E-state index in [0.29, 0.717) is 13.0 Å². The Labute approximate surface area is 101 Å². The molecule has 0 unspecified atom stereocenters. The number of guanidine groups is 1. The van der Waals surface area contributed by atoms with Gasteiger partial charge in [0, 0.05) is 12.3 Å². The van der Waals surface area contributed by atoms with E-state index in [-0.39, 0.29) is 11.8 Å². The summed E-state index contributed by atoms with van der Waals surface area (Å²) in [5, 5.41) is 14.7. The Morgan fingerprint density at radius 1 is 1.61 bits per heavy atom. The van der Waals surface area contributed by atoms with Crippen molar-refractivity contribution in [2.24, 2.45) is 10.7 Å². The minimum absolute atomic E-state index is 0.274. The molecule has 1 heterocycles. The topological polar surface area (TPSA) is 92.0 Å². The molecule has 0 atom stereocenters. The molecule has 0 aliphatic rings. The van der Waals surface area contributed by atoms with Gasteiger partial charge in [-0.25, -0.2) is 4.99 Å². The quantitative estimate of drug-likeness (QED) is 0.626. The third-order valence-corrected chi connectivity index (χ3v) is 1.78. The summed E-state index contributed by atoms with van der Waals surface area (Å²) in [6.07, 6.45) is -2.52. The van der Waals surface area contributed by atoms with Crippen LogP contribution in [0.1, 0.15) is 6.42 Å². The molecule has 0 saturated carbocycles. The van der Waals surface area contributed by atoms with Crippen LogP contribution in [0.25, 0.3) is 0 Å². The normalized spacial score (nSPS) is 12.2. The van der Waals surface area contributed by atoms with Gasteiger partial charge in [0.15, 0.2) is 11.8 Å². The predicted octanol–water partition coefficient (Wildman–Crippen LogP) is 1.09. The van der Waals surface area contributed by atoms with Crippen LogP contribution in [0.4, 0.5) is 19.0 Å². The molecule has 6 nitrogen and oxygen atoms in total. The minimum atomic E-state index is -4.39. The summed E-state index contributed by atoms with van der Waals surface area (Å²) < 4.78 is 37.0. The van der Waals surface area contributed by atoms with Crippen molar-refractivity contribution in [3.8, 4) is 6.07 Å². The number of aromatic nitrogens is 2. The predicted molar refractivity (Wildman–Crippen MR) is 58.6 cm³/mol. The number of rotatable bonds is 4. The number of alkyl halides is 3. The smallest absolute Gasteiger partial charge is 0.370 e. The zero-order valence-electron chi connectivity index (χ0n) is 9.28. The van der Waals surface area contributed by atoms with Crippen molar-refractivity contribution >= 4 is 11.8 Å². The number of nitrogens with zero attached hydrogens (tertiary/aromatic N) is 4. The fraction of sp³-hybridized carbons (Fsp3) is 0.444. The van der Waals surface area contributed by atoms with Crippen molar-refractivity contribution in [1.29, 1.82) is 5.26 Å². The van der Waals surface area contributed by atoms with E-state index in [0.717, 1.165) is 0 Å². The van der Waals surface area contributed by atoms with Crippen LogP contribution in [0, 0.1) is 11.3 Å². The summed E-state index contributed by atoms with van der Waals surface area (Å²) >= 11 is 0. The van der Waals surface area contributed by atoms with Gasteiger partial charge in [0.2, 0.25) is 0 Å². The maximum atomic E-state index is 11.9. The van der Waals surface area contributed by atoms with Crippen molar-refractivity contribution < 1.29 is 13.2 Å². The first-order valence-electron chi connectivity index (χ1n) is 4.95. The highest BCUT2D eigenvalue weighted by molar-refractivity contribution is 5.91. The first-order valence-corrected chi connectivity index (χ1v) is 4.95. The van der Waals surface area contributed by atoms with Gasteiger partial charge in [-0.3, -0.25) is 4.68 Å². The summed E-state index contributed by atoms with van der Waals surface area (Å²) in [5.74, 6) is -0.0887. The lowest BCUT2D eigenvalue weighted by molar-refractivity contribution is -0.118. The maximum absolute atomic E-state index is 11.9. The first kappa shape index (κ1) is 13.8. The van der Waals surface area contributed by atoms with Gasteiger partial charge in [0.1, 0.15) is 6.54 Å². The summed E-state index contributed by atoms with van der Waals surface area (Å²) in [6.45, 7) is -0.946. The van der Waals surface area contributed by atoms with E-state index in [4.69, 9.17) is 11.0 Å². The van der Waals surface area contributed by atoms with Crippen LogP contribution in [0.3, 0.4) is 0 Å². The van der Waals surface area contributed by atoms with Crippen LogP contribution in [0.2, 0.25) is 0 Å². The maximum Gasteiger partial charge on any atom is 0.408 e. The van der Waals surface area contributed by atoms with E-state index in [1.54, 1.807) is 6.20 Å². The lowest BCUT2D eigenvalue weighted by Gasteiger charge is -2.04. The van der Waals surface area contributed by atoms with Gasteiger partial charge < -0.3 is 11.1 Å². The van der Waals surface area contributed by atoms with E-state index in [9.17, 15) is 13.2 Å². The molecule has 0 aliphatic carbocycles. The van der Waals surface area contributed by atoms with Crippen LogP contribution in [-0.4, -0.2) is 28.5 Å². The molecule has 1 aromatic heterocycles. The van der Waals surface area contributed by atoms with Crippen molar-refractivity contribution in [2.45, 2.75) is 19.1 Å². The molecule has 0 amide bonds. The average Bonchev–Trinajstić information content (AvgIpc) is 2.70. The minimum Gasteiger partial charge on any atom is -0.370 e. The molecule has 0 fully saturated rings. The van der Waals surface area contributed by atoms with Gasteiger partial charge in [0.25, 0.3) is 0 Å². The van der Waals surface area contributed by atoms with E-state index in [1.807, 2.05) is 6.07 Å². The van der Waals surface area contributed by atoms with Gasteiger partial charge in [-0.2, -0.15) is 23.5 Å². The molecule has 0 aromatic carbocycles. The second-order valence-electron chi connectivity index (χ2n) is 3.31. The number of anilines is 1. The number of nitrogens with one attached hydrogen (secondary N) is 1. The van der Waals surface area contributed by atoms with Gasteiger partial charge in [-0.05, 0) is 0 Å². The van der Waals surface area contributed by atoms with Gasteiger partial charge in [-0.15, -0.1) is 0 Å². The summed E-state index contributed by atoms with van der Waals surface area (Å²) in [5.41, 5.74) is 5.26. The summed E-state index contributed by atoms with van der Waals surface area (Å²) in [7, 11) is 0. The van der Waals surface area contributed by atoms with Crippen LogP contribution in [0.15, 0.2) is 17.3 Å². The zero-order chi connectivity index (χ0) is 13.6. The standard InChI is InChI=1S/C9H11F3N6/c10-9(11,12)6-15-8(14)16-7-2-5-18(17-7)4-1-3-13/h2,5H,1,4,6H2,(H3,14,15,16,17). The molecule has 9 heteroatoms. The molecule has 3 N–H and O–H groups in total. The SMILES string of the molecule is N#CCCn1ccc(N/C(N)=N\CC(F)(F)F)n1. The Morgan fingerprint density at radius 2 is 2.33 bits per heavy atom. The van der Waals surface area contributed by atoms with Gasteiger partial charge in [0.05, 0.1) is 19.0 Å². The van der Waals surface area contributed by atoms with Crippen LogP contribution in [0.5, 0.6) is 0 Å². The highest BCUT2D eigenvalue weighted by Gasteiger charge is 2.26. The number of hydrogen-bond acceptors (Lipinski definition) is 3. The Balaban J connectivity index is 2.52. The Morgan fingerprint density at radius 3 is 2.94 bits per heavy atom. The lowest BCUT2D eigenvalue weighted by Crippen LogP contribution is -2.25. The van der Waals surface area contributed by atoms with Crippen LogP contribution < -0.4 is 11.1 Å². The fourth-order valence-electron chi connectivity index (χ4n) is 1.06. The largest absolute Gasteiger partial charge is 0.408 e. The second-order valence-corrected chi connectivity index (χ2v) is 3.31. The number of hydrogen-bond donors (Lipinski definition) is 2. The Bertz CT molecular complexity index is 456. The molecule has 0 spiro atoms.